The Hall–Kier alpha value is -3.01. The first kappa shape index (κ1) is 18.0. The molecule has 2 rings (SSSR count). The van der Waals surface area contributed by atoms with Gasteiger partial charge in [-0.3, -0.25) is 19.2 Å². The van der Waals surface area contributed by atoms with E-state index < -0.39 is 0 Å². The van der Waals surface area contributed by atoms with Crippen molar-refractivity contribution in [3.05, 3.63) is 56.4 Å². The van der Waals surface area contributed by atoms with E-state index in [-0.39, 0.29) is 22.5 Å². The largest absolute Gasteiger partial charge is 0.296 e. The van der Waals surface area contributed by atoms with Gasteiger partial charge in [0.25, 0.3) is 11.1 Å². The van der Waals surface area contributed by atoms with Gasteiger partial charge in [0.2, 0.25) is 0 Å². The van der Waals surface area contributed by atoms with Crippen molar-refractivity contribution in [3.63, 3.8) is 0 Å². The first-order valence-electron chi connectivity index (χ1n) is 5.24. The molecule has 2 aromatic rings. The highest BCUT2D eigenvalue weighted by molar-refractivity contribution is 5.71. The third kappa shape index (κ3) is 6.63. The Bertz CT molecular complexity index is 677. The van der Waals surface area contributed by atoms with Gasteiger partial charge in [0.15, 0.2) is 12.6 Å². The normalized spacial score (nSPS) is 8.52. The predicted molar refractivity (Wildman–Crippen MR) is 68.4 cm³/mol. The zero-order valence-corrected chi connectivity index (χ0v) is 10.8. The number of rotatable bonds is 2. The molecule has 0 fully saturated rings. The fourth-order valence-electron chi connectivity index (χ4n) is 1.00. The SMILES string of the molecule is Cn1nc(C=O)ccc1=O.O=Cc1ccc(=O)[nH]n1.OF. The minimum Gasteiger partial charge on any atom is -0.296 e. The number of carbonyl (C=O) groups excluding carboxylic acids is 2. The Kier molecular flexibility index (Phi) is 8.45. The second-order valence-corrected chi connectivity index (χ2v) is 3.30. The van der Waals surface area contributed by atoms with Crippen molar-refractivity contribution < 1.29 is 19.4 Å². The second kappa shape index (κ2) is 9.86. The summed E-state index contributed by atoms with van der Waals surface area (Å²) in [5.74, 6) is 0. The van der Waals surface area contributed by atoms with Gasteiger partial charge in [-0.05, 0) is 12.1 Å². The number of hydrogen-bond donors (Lipinski definition) is 2. The maximum atomic E-state index is 10.7. The lowest BCUT2D eigenvalue weighted by atomic mass is 10.4. The van der Waals surface area contributed by atoms with Gasteiger partial charge < -0.3 is 0 Å². The van der Waals surface area contributed by atoms with Crippen LogP contribution in [0, 0.1) is 0 Å². The Labute approximate surface area is 116 Å². The molecule has 0 spiro atoms. The minimum atomic E-state index is -0.305. The third-order valence-corrected chi connectivity index (χ3v) is 1.92. The molecular formula is C11H11FN4O5. The Morgan fingerprint density at radius 3 is 2.10 bits per heavy atom. The van der Waals surface area contributed by atoms with Crippen LogP contribution in [0.4, 0.5) is 4.53 Å². The molecule has 0 aromatic carbocycles. The van der Waals surface area contributed by atoms with Crippen molar-refractivity contribution in [2.75, 3.05) is 0 Å². The van der Waals surface area contributed by atoms with E-state index in [4.69, 9.17) is 9.84 Å². The molecule has 21 heavy (non-hydrogen) atoms. The lowest BCUT2D eigenvalue weighted by Gasteiger charge is -1.92. The van der Waals surface area contributed by atoms with Gasteiger partial charge in [0.1, 0.15) is 11.4 Å². The number of nitrogens with zero attached hydrogens (tertiary/aromatic N) is 3. The van der Waals surface area contributed by atoms with Crippen LogP contribution in [0.2, 0.25) is 0 Å². The molecule has 9 nitrogen and oxygen atoms in total. The first-order chi connectivity index (χ1) is 10.1. The van der Waals surface area contributed by atoms with Crippen LogP contribution in [-0.2, 0) is 7.05 Å². The number of aryl methyl sites for hydroxylation is 1. The molecule has 2 aromatic heterocycles. The molecule has 0 atom stereocenters. The minimum absolute atomic E-state index is 0.217. The van der Waals surface area contributed by atoms with Crippen molar-refractivity contribution in [2.24, 2.45) is 7.05 Å². The van der Waals surface area contributed by atoms with Crippen LogP contribution in [0.3, 0.4) is 0 Å². The maximum Gasteiger partial charge on any atom is 0.266 e. The zero-order chi connectivity index (χ0) is 16.3. The van der Waals surface area contributed by atoms with Gasteiger partial charge in [0, 0.05) is 19.2 Å². The summed E-state index contributed by atoms with van der Waals surface area (Å²) in [7, 11) is 1.50. The maximum absolute atomic E-state index is 10.7. The lowest BCUT2D eigenvalue weighted by Crippen LogP contribution is -2.18. The van der Waals surface area contributed by atoms with Crippen LogP contribution in [0.25, 0.3) is 0 Å². The van der Waals surface area contributed by atoms with Crippen LogP contribution in [0.1, 0.15) is 21.0 Å². The van der Waals surface area contributed by atoms with Crippen molar-refractivity contribution in [3.8, 4) is 0 Å². The summed E-state index contributed by atoms with van der Waals surface area (Å²) in [6, 6.07) is 5.29. The van der Waals surface area contributed by atoms with E-state index in [1.165, 1.54) is 31.3 Å². The number of aromatic nitrogens is 4. The smallest absolute Gasteiger partial charge is 0.266 e. The summed E-state index contributed by atoms with van der Waals surface area (Å²) in [4.78, 5) is 41.0. The van der Waals surface area contributed by atoms with Gasteiger partial charge in [0.05, 0.1) is 0 Å². The zero-order valence-electron chi connectivity index (χ0n) is 10.8. The van der Waals surface area contributed by atoms with E-state index >= 15 is 0 Å². The summed E-state index contributed by atoms with van der Waals surface area (Å²) in [5.41, 5.74) is -0.0251. The van der Waals surface area contributed by atoms with Crippen molar-refractivity contribution >= 4 is 12.6 Å². The lowest BCUT2D eigenvalue weighted by molar-refractivity contribution is -0.0441. The second-order valence-electron chi connectivity index (χ2n) is 3.30. The number of nitrogens with one attached hydrogen (secondary N) is 1. The molecule has 0 aliphatic carbocycles. The van der Waals surface area contributed by atoms with Crippen LogP contribution in [-0.4, -0.2) is 37.9 Å². The highest BCUT2D eigenvalue weighted by atomic mass is 19.3. The third-order valence-electron chi connectivity index (χ3n) is 1.92. The molecule has 0 saturated heterocycles. The Morgan fingerprint density at radius 2 is 1.67 bits per heavy atom. The molecule has 0 aliphatic rings. The molecule has 10 heteroatoms. The highest BCUT2D eigenvalue weighted by Crippen LogP contribution is 1.81. The number of aldehydes is 2. The van der Waals surface area contributed by atoms with E-state index in [0.717, 1.165) is 4.68 Å². The molecule has 0 amide bonds. The first-order valence-corrected chi connectivity index (χ1v) is 5.24. The molecular weight excluding hydrogens is 287 g/mol. The number of aromatic amines is 1. The summed E-state index contributed by atoms with van der Waals surface area (Å²) in [5, 5.41) is 14.6. The molecule has 2 heterocycles. The molecule has 0 radical (unpaired) electrons. The standard InChI is InChI=1S/C6H6N2O2.C5H4N2O2.FHO/c1-8-6(10)3-2-5(4-9)7-8;8-3-4-1-2-5(9)7-6-4;1-2/h2-4H,1H3;1-3H,(H,7,9);2H. The highest BCUT2D eigenvalue weighted by Gasteiger charge is 1.92. The Morgan fingerprint density at radius 1 is 1.10 bits per heavy atom. The summed E-state index contributed by atoms with van der Waals surface area (Å²) in [6.45, 7) is 0. The van der Waals surface area contributed by atoms with E-state index in [2.05, 4.69) is 15.3 Å². The number of carbonyl (C=O) groups is 2. The molecule has 0 aliphatic heterocycles. The van der Waals surface area contributed by atoms with Crippen LogP contribution >= 0.6 is 0 Å². The number of hydrogen-bond acceptors (Lipinski definition) is 7. The molecule has 2 N–H and O–H groups in total. The van der Waals surface area contributed by atoms with Gasteiger partial charge in [-0.15, -0.1) is 0 Å². The van der Waals surface area contributed by atoms with Crippen LogP contribution in [0.15, 0.2) is 33.9 Å². The van der Waals surface area contributed by atoms with Gasteiger partial charge in [-0.2, -0.15) is 10.2 Å². The van der Waals surface area contributed by atoms with Crippen molar-refractivity contribution in [2.45, 2.75) is 0 Å². The fraction of sp³-hybridized carbons (Fsp3) is 0.0909. The summed E-state index contributed by atoms with van der Waals surface area (Å²) >= 11 is 0. The van der Waals surface area contributed by atoms with Crippen molar-refractivity contribution in [1.82, 2.24) is 20.0 Å². The van der Waals surface area contributed by atoms with E-state index in [9.17, 15) is 19.2 Å². The van der Waals surface area contributed by atoms with Gasteiger partial charge >= 0.3 is 0 Å². The molecule has 112 valence electrons. The summed E-state index contributed by atoms with van der Waals surface area (Å²) in [6.07, 6.45) is 1.16. The van der Waals surface area contributed by atoms with Crippen LogP contribution in [0.5, 0.6) is 0 Å². The predicted octanol–water partition coefficient (Wildman–Crippen LogP) is -0.962. The fourth-order valence-corrected chi connectivity index (χ4v) is 1.00. The molecule has 0 saturated carbocycles. The quantitative estimate of drug-likeness (QED) is 0.681. The monoisotopic (exact) mass is 298 g/mol. The van der Waals surface area contributed by atoms with E-state index in [0.29, 0.717) is 12.6 Å². The number of halogens is 1. The molecule has 0 unspecified atom stereocenters. The average molecular weight is 298 g/mol. The topological polar surface area (TPSA) is 135 Å². The van der Waals surface area contributed by atoms with E-state index in [1.807, 2.05) is 0 Å². The van der Waals surface area contributed by atoms with Crippen LogP contribution < -0.4 is 11.1 Å². The van der Waals surface area contributed by atoms with Crippen molar-refractivity contribution in [1.29, 1.82) is 0 Å². The molecule has 0 bridgehead atoms. The van der Waals surface area contributed by atoms with Gasteiger partial charge in [-0.1, -0.05) is 4.53 Å². The summed E-state index contributed by atoms with van der Waals surface area (Å²) < 4.78 is 9.61. The van der Waals surface area contributed by atoms with E-state index in [1.54, 1.807) is 0 Å². The number of H-pyrrole nitrogens is 1. The average Bonchev–Trinajstić information content (AvgIpc) is 2.53. The van der Waals surface area contributed by atoms with Gasteiger partial charge in [-0.25, -0.2) is 15.1 Å². The Balaban J connectivity index is 0.000000342.